The molecule has 0 amide bonds. The lowest BCUT2D eigenvalue weighted by Crippen LogP contribution is -2.37. The van der Waals surface area contributed by atoms with Crippen LogP contribution in [0, 0.1) is 0 Å². The van der Waals surface area contributed by atoms with Crippen molar-refractivity contribution < 1.29 is 4.74 Å². The fourth-order valence-electron chi connectivity index (χ4n) is 3.28. The van der Waals surface area contributed by atoms with Gasteiger partial charge in [0.05, 0.1) is 25.1 Å². The molecule has 0 aliphatic carbocycles. The van der Waals surface area contributed by atoms with Crippen molar-refractivity contribution in [2.75, 3.05) is 36.6 Å². The van der Waals surface area contributed by atoms with Crippen LogP contribution in [0.15, 0.2) is 78.1 Å². The monoisotopic (exact) mass is 415 g/mol. The average molecular weight is 416 g/mol. The lowest BCUT2D eigenvalue weighted by molar-refractivity contribution is 0.122. The number of pyridine rings is 1. The molecule has 1 aliphatic heterocycles. The second-order valence-electron chi connectivity index (χ2n) is 7.18. The predicted octanol–water partition coefficient (Wildman–Crippen LogP) is 3.71. The van der Waals surface area contributed by atoms with Crippen molar-refractivity contribution in [1.82, 2.24) is 19.6 Å². The van der Waals surface area contributed by atoms with Crippen molar-refractivity contribution in [1.29, 1.82) is 0 Å². The Balaban J connectivity index is 1.70. The third kappa shape index (κ3) is 4.87. The van der Waals surface area contributed by atoms with Gasteiger partial charge in [0.2, 0.25) is 0 Å². The first-order chi connectivity index (χ1) is 15.1. The van der Waals surface area contributed by atoms with E-state index < -0.39 is 0 Å². The predicted molar refractivity (Wildman–Crippen MR) is 124 cm³/mol. The maximum atomic E-state index is 5.51. The highest BCUT2D eigenvalue weighted by molar-refractivity contribution is 5.83. The molecule has 8 nitrogen and oxygen atoms in total. The Hall–Kier alpha value is -3.78. The van der Waals surface area contributed by atoms with Crippen LogP contribution >= 0.6 is 0 Å². The molecule has 0 spiro atoms. The van der Waals surface area contributed by atoms with E-state index in [1.165, 1.54) is 0 Å². The van der Waals surface area contributed by atoms with E-state index in [0.717, 1.165) is 41.4 Å². The van der Waals surface area contributed by atoms with Gasteiger partial charge in [-0.1, -0.05) is 36.9 Å². The summed E-state index contributed by atoms with van der Waals surface area (Å²) in [6, 6.07) is 9.64. The minimum atomic E-state index is 0.622. The van der Waals surface area contributed by atoms with Crippen molar-refractivity contribution in [3.05, 3.63) is 73.0 Å². The fraction of sp³-hybridized carbons (Fsp3) is 0.217. The Kier molecular flexibility index (Phi) is 6.18. The molecule has 4 heterocycles. The standard InChI is InChI=1S/C23H25N7O/c1-4-18(13-17(2)3)16-25-27-21-15-23(29-9-11-31-12-10-29)30-22(26-21)14-20(28-30)19-7-5-6-8-24-19/h4-8,13-16H,1-2,9-12H2,3H3,(H,26,27)/b18-13+,25-16+. The summed E-state index contributed by atoms with van der Waals surface area (Å²) in [5.41, 5.74) is 7.09. The molecule has 31 heavy (non-hydrogen) atoms. The summed E-state index contributed by atoms with van der Waals surface area (Å²) >= 11 is 0. The molecule has 8 heteroatoms. The van der Waals surface area contributed by atoms with E-state index in [0.29, 0.717) is 24.7 Å². The second kappa shape index (κ2) is 9.36. The fourth-order valence-corrected chi connectivity index (χ4v) is 3.28. The van der Waals surface area contributed by atoms with Gasteiger partial charge < -0.3 is 9.64 Å². The van der Waals surface area contributed by atoms with Gasteiger partial charge >= 0.3 is 0 Å². The first-order valence-electron chi connectivity index (χ1n) is 10.1. The Bertz CT molecular complexity index is 1140. The molecule has 0 radical (unpaired) electrons. The van der Waals surface area contributed by atoms with E-state index in [9.17, 15) is 0 Å². The molecule has 3 aromatic rings. The van der Waals surface area contributed by atoms with Crippen molar-refractivity contribution in [3.8, 4) is 11.4 Å². The molecule has 158 valence electrons. The number of hydrazone groups is 1. The molecule has 4 rings (SSSR count). The molecule has 0 saturated carbocycles. The zero-order valence-corrected chi connectivity index (χ0v) is 17.5. The molecule has 0 bridgehead atoms. The summed E-state index contributed by atoms with van der Waals surface area (Å²) in [6.07, 6.45) is 7.08. The highest BCUT2D eigenvalue weighted by atomic mass is 16.5. The molecule has 0 unspecified atom stereocenters. The van der Waals surface area contributed by atoms with E-state index >= 15 is 0 Å². The second-order valence-corrected chi connectivity index (χ2v) is 7.18. The first-order valence-corrected chi connectivity index (χ1v) is 10.1. The van der Waals surface area contributed by atoms with Gasteiger partial charge in [-0.15, -0.1) is 0 Å². The number of allylic oxidation sites excluding steroid dienone is 4. The van der Waals surface area contributed by atoms with E-state index in [4.69, 9.17) is 9.84 Å². The van der Waals surface area contributed by atoms with E-state index in [1.807, 2.05) is 47.8 Å². The van der Waals surface area contributed by atoms with Crippen LogP contribution in [-0.2, 0) is 4.74 Å². The van der Waals surface area contributed by atoms with Crippen LogP contribution in [0.5, 0.6) is 0 Å². The van der Waals surface area contributed by atoms with Gasteiger partial charge in [-0.2, -0.15) is 14.7 Å². The molecule has 0 atom stereocenters. The number of fused-ring (bicyclic) bond motifs is 1. The normalized spacial score (nSPS) is 14.9. The number of rotatable bonds is 7. The quantitative estimate of drug-likeness (QED) is 0.360. The summed E-state index contributed by atoms with van der Waals surface area (Å²) in [6.45, 7) is 12.5. The van der Waals surface area contributed by atoms with Crippen LogP contribution in [0.3, 0.4) is 0 Å². The maximum absolute atomic E-state index is 5.51. The van der Waals surface area contributed by atoms with Gasteiger partial charge in [-0.05, 0) is 24.6 Å². The maximum Gasteiger partial charge on any atom is 0.160 e. The third-order valence-electron chi connectivity index (χ3n) is 4.71. The number of nitrogens with one attached hydrogen (secondary N) is 1. The largest absolute Gasteiger partial charge is 0.378 e. The lowest BCUT2D eigenvalue weighted by atomic mass is 10.2. The average Bonchev–Trinajstić information content (AvgIpc) is 3.23. The van der Waals surface area contributed by atoms with E-state index in [1.54, 1.807) is 18.5 Å². The number of hydrogen-bond donors (Lipinski definition) is 1. The zero-order valence-electron chi connectivity index (χ0n) is 17.5. The summed E-state index contributed by atoms with van der Waals surface area (Å²) in [7, 11) is 0. The number of anilines is 2. The minimum absolute atomic E-state index is 0.622. The van der Waals surface area contributed by atoms with Crippen LogP contribution in [0.1, 0.15) is 6.92 Å². The van der Waals surface area contributed by atoms with Crippen LogP contribution < -0.4 is 10.3 Å². The van der Waals surface area contributed by atoms with Gasteiger partial charge in [-0.3, -0.25) is 10.4 Å². The molecule has 1 fully saturated rings. The molecule has 1 aliphatic rings. The Morgan fingerprint density at radius 3 is 2.77 bits per heavy atom. The summed E-state index contributed by atoms with van der Waals surface area (Å²) < 4.78 is 7.36. The van der Waals surface area contributed by atoms with E-state index in [2.05, 4.69) is 38.6 Å². The van der Waals surface area contributed by atoms with E-state index in [-0.39, 0.29) is 0 Å². The lowest BCUT2D eigenvalue weighted by Gasteiger charge is -2.29. The summed E-state index contributed by atoms with van der Waals surface area (Å²) in [4.78, 5) is 11.3. The van der Waals surface area contributed by atoms with Crippen LogP contribution in [0.4, 0.5) is 11.6 Å². The molecular formula is C23H25N7O. The highest BCUT2D eigenvalue weighted by Gasteiger charge is 2.18. The number of morpholine rings is 1. The number of aromatic nitrogens is 4. The SMILES string of the molecule is C=CC(/C=N/Nc1cc(N2CCOCC2)n2nc(-c3ccccn3)cc2n1)=C\C(=C)C. The molecular weight excluding hydrogens is 390 g/mol. The van der Waals surface area contributed by atoms with Crippen molar-refractivity contribution in [2.45, 2.75) is 6.92 Å². The number of nitrogens with zero attached hydrogens (tertiary/aromatic N) is 6. The van der Waals surface area contributed by atoms with Crippen LogP contribution in [-0.4, -0.2) is 52.1 Å². The van der Waals surface area contributed by atoms with Crippen molar-refractivity contribution in [3.63, 3.8) is 0 Å². The highest BCUT2D eigenvalue weighted by Crippen LogP contribution is 2.25. The summed E-state index contributed by atoms with van der Waals surface area (Å²) in [5.74, 6) is 1.55. The molecule has 1 N–H and O–H groups in total. The van der Waals surface area contributed by atoms with Gasteiger partial charge in [0.25, 0.3) is 0 Å². The Labute approximate surface area is 181 Å². The van der Waals surface area contributed by atoms with Crippen LogP contribution in [0.25, 0.3) is 17.0 Å². The van der Waals surface area contributed by atoms with Gasteiger partial charge in [0, 0.05) is 31.4 Å². The summed E-state index contributed by atoms with van der Waals surface area (Å²) in [5, 5.41) is 9.09. The van der Waals surface area contributed by atoms with Crippen molar-refractivity contribution in [2.24, 2.45) is 5.10 Å². The first kappa shape index (κ1) is 20.5. The van der Waals surface area contributed by atoms with Gasteiger partial charge in [0.15, 0.2) is 11.5 Å². The third-order valence-corrected chi connectivity index (χ3v) is 4.71. The minimum Gasteiger partial charge on any atom is -0.378 e. The van der Waals surface area contributed by atoms with Gasteiger partial charge in [0.1, 0.15) is 11.5 Å². The molecule has 0 aromatic carbocycles. The number of ether oxygens (including phenoxy) is 1. The number of hydrogen-bond acceptors (Lipinski definition) is 7. The Morgan fingerprint density at radius 1 is 1.23 bits per heavy atom. The Morgan fingerprint density at radius 2 is 2.06 bits per heavy atom. The van der Waals surface area contributed by atoms with Crippen LogP contribution in [0.2, 0.25) is 0 Å². The van der Waals surface area contributed by atoms with Crippen molar-refractivity contribution >= 4 is 23.5 Å². The smallest absolute Gasteiger partial charge is 0.160 e. The van der Waals surface area contributed by atoms with Gasteiger partial charge in [-0.25, -0.2) is 4.98 Å². The zero-order chi connectivity index (χ0) is 21.6. The molecule has 3 aromatic heterocycles. The topological polar surface area (TPSA) is 79.9 Å². The molecule has 1 saturated heterocycles.